The number of hydrazine groups is 1. The average molecular weight is 674 g/mol. The lowest BCUT2D eigenvalue weighted by atomic mass is 9.85. The molecule has 0 unspecified atom stereocenters. The maximum atomic E-state index is 14.4. The summed E-state index contributed by atoms with van der Waals surface area (Å²) in [4.78, 5) is 19.4. The molecule has 4 aromatic rings. The van der Waals surface area contributed by atoms with E-state index in [0.717, 1.165) is 5.56 Å². The summed E-state index contributed by atoms with van der Waals surface area (Å²) in [5.41, 5.74) is 6.10. The van der Waals surface area contributed by atoms with Gasteiger partial charge in [-0.25, -0.2) is 18.8 Å². The van der Waals surface area contributed by atoms with Crippen LogP contribution in [0.4, 0.5) is 0 Å². The van der Waals surface area contributed by atoms with Gasteiger partial charge < -0.3 is 24.1 Å². The van der Waals surface area contributed by atoms with Gasteiger partial charge in [-0.15, -0.1) is 0 Å². The number of ether oxygens (including phenoxy) is 4. The first kappa shape index (κ1) is 34.4. The van der Waals surface area contributed by atoms with Crippen LogP contribution in [0.5, 0.6) is 17.2 Å². The molecule has 0 aromatic heterocycles. The van der Waals surface area contributed by atoms with E-state index in [9.17, 15) is 13.2 Å². The molecule has 12 heteroatoms. The number of hydrogen-bond acceptors (Lipinski definition) is 10. The smallest absolute Gasteiger partial charge is 0.266 e. The molecule has 1 amide bonds. The number of methoxy groups -OCH3 is 2. The first-order valence-electron chi connectivity index (χ1n) is 15.5. The minimum Gasteiger partial charge on any atom is -0.497 e. The van der Waals surface area contributed by atoms with Crippen LogP contribution in [0.1, 0.15) is 35.6 Å². The quantitative estimate of drug-likeness (QED) is 0.116. The van der Waals surface area contributed by atoms with Crippen LogP contribution >= 0.6 is 0 Å². The number of nitrogens with one attached hydrogen (secondary N) is 2. The fourth-order valence-electron chi connectivity index (χ4n) is 5.29. The Bertz CT molecular complexity index is 1800. The molecule has 4 aromatic carbocycles. The van der Waals surface area contributed by atoms with Gasteiger partial charge in [-0.1, -0.05) is 42.5 Å². The summed E-state index contributed by atoms with van der Waals surface area (Å²) in [5.74, 6) is 1.07. The first-order valence-corrected chi connectivity index (χ1v) is 17.1. The van der Waals surface area contributed by atoms with E-state index in [4.69, 9.17) is 29.0 Å². The Morgan fingerprint density at radius 1 is 0.896 bits per heavy atom. The van der Waals surface area contributed by atoms with Gasteiger partial charge in [-0.2, -0.15) is 0 Å². The molecular weight excluding hydrogens is 634 g/mol. The van der Waals surface area contributed by atoms with E-state index in [2.05, 4.69) is 10.9 Å². The molecule has 0 aliphatic carbocycles. The number of carbonyl (C=O) groups excluding carboxylic acids is 1. The molecule has 3 N–H and O–H groups in total. The van der Waals surface area contributed by atoms with Crippen LogP contribution in [0.2, 0.25) is 0 Å². The van der Waals surface area contributed by atoms with Crippen LogP contribution in [-0.4, -0.2) is 64.1 Å². The average Bonchev–Trinajstić information content (AvgIpc) is 3.53. The molecule has 0 saturated carbocycles. The number of hydrogen-bond donors (Lipinski definition) is 3. The van der Waals surface area contributed by atoms with Gasteiger partial charge in [-0.05, 0) is 71.8 Å². The van der Waals surface area contributed by atoms with Crippen LogP contribution in [0.3, 0.4) is 0 Å². The van der Waals surface area contributed by atoms with Crippen molar-refractivity contribution in [2.24, 2.45) is 4.99 Å². The van der Waals surface area contributed by atoms with Crippen LogP contribution < -0.4 is 25.1 Å². The van der Waals surface area contributed by atoms with Crippen LogP contribution in [0.15, 0.2) is 113 Å². The van der Waals surface area contributed by atoms with Crippen molar-refractivity contribution < 1.29 is 37.3 Å². The van der Waals surface area contributed by atoms with E-state index in [0.29, 0.717) is 41.4 Å². The number of rotatable bonds is 16. The van der Waals surface area contributed by atoms with Crippen LogP contribution in [0.25, 0.3) is 0 Å². The molecule has 252 valence electrons. The Morgan fingerprint density at radius 3 is 2.29 bits per heavy atom. The Morgan fingerprint density at radius 2 is 1.60 bits per heavy atom. The summed E-state index contributed by atoms with van der Waals surface area (Å²) in [5, 5.41) is 9.07. The molecule has 1 aliphatic rings. The zero-order valence-electron chi connectivity index (χ0n) is 26.8. The van der Waals surface area contributed by atoms with E-state index < -0.39 is 27.4 Å². The highest BCUT2D eigenvalue weighted by atomic mass is 32.2. The third-order valence-corrected chi connectivity index (χ3v) is 9.67. The number of aliphatic imine (C=N–C) groups is 1. The second-order valence-electron chi connectivity index (χ2n) is 11.1. The third kappa shape index (κ3) is 8.14. The monoisotopic (exact) mass is 673 g/mol. The zero-order valence-corrected chi connectivity index (χ0v) is 27.6. The zero-order chi connectivity index (χ0) is 34.0. The van der Waals surface area contributed by atoms with E-state index in [1.165, 1.54) is 19.2 Å². The van der Waals surface area contributed by atoms with E-state index in [1.807, 2.05) is 24.3 Å². The molecule has 1 heterocycles. The molecule has 2 atom stereocenters. The van der Waals surface area contributed by atoms with E-state index >= 15 is 0 Å². The number of aliphatic hydroxyl groups excluding tert-OH is 1. The van der Waals surface area contributed by atoms with Gasteiger partial charge in [0.05, 0.1) is 31.5 Å². The summed E-state index contributed by atoms with van der Waals surface area (Å²) in [7, 11) is -0.678. The van der Waals surface area contributed by atoms with Gasteiger partial charge in [0.25, 0.3) is 5.91 Å². The number of benzene rings is 4. The Labute approximate surface area is 280 Å². The van der Waals surface area contributed by atoms with Gasteiger partial charge in [0.1, 0.15) is 17.2 Å². The van der Waals surface area contributed by atoms with Gasteiger partial charge in [0, 0.05) is 31.6 Å². The van der Waals surface area contributed by atoms with Crippen LogP contribution in [-0.2, 0) is 25.9 Å². The molecule has 0 spiro atoms. The molecule has 0 radical (unpaired) electrons. The molecule has 1 aliphatic heterocycles. The van der Waals surface area contributed by atoms with Crippen molar-refractivity contribution in [1.82, 2.24) is 10.9 Å². The number of carbonyl (C=O) groups is 1. The topological polar surface area (TPSA) is 145 Å². The second-order valence-corrected chi connectivity index (χ2v) is 13.2. The molecule has 48 heavy (non-hydrogen) atoms. The third-order valence-electron chi connectivity index (χ3n) is 7.93. The van der Waals surface area contributed by atoms with Crippen molar-refractivity contribution in [3.05, 3.63) is 120 Å². The fourth-order valence-corrected chi connectivity index (χ4v) is 6.68. The lowest BCUT2D eigenvalue weighted by molar-refractivity contribution is -0.130. The normalized spacial score (nSPS) is 17.2. The summed E-state index contributed by atoms with van der Waals surface area (Å²) in [6.45, 7) is 0.661. The first-order chi connectivity index (χ1) is 23.3. The molecule has 0 saturated heterocycles. The predicted molar refractivity (Wildman–Crippen MR) is 181 cm³/mol. The van der Waals surface area contributed by atoms with Crippen molar-refractivity contribution in [2.75, 3.05) is 33.2 Å². The Kier molecular flexibility index (Phi) is 11.3. The lowest BCUT2D eigenvalue weighted by Gasteiger charge is -2.30. The maximum absolute atomic E-state index is 14.4. The largest absolute Gasteiger partial charge is 0.497 e. The minimum atomic E-state index is -3.80. The standard InChI is InChI=1S/C36H39N3O8S/c1-44-29-16-12-26(13-17-29)25-37-39-35(41)36(20-23-48(42,43)32-10-4-3-5-11-32)33(28-8-6-9-31(24-28)45-2)47-34(38-36)27-14-18-30(19-15-27)46-22-7-21-40/h3-6,8-19,24,33,37,40H,7,20-23,25H2,1-2H3,(H,39,41)/t33-,36-/m0/s1. The van der Waals surface area contributed by atoms with E-state index in [1.54, 1.807) is 73.8 Å². The highest BCUT2D eigenvalue weighted by Crippen LogP contribution is 2.43. The SMILES string of the molecule is COc1ccc(CNNC(=O)[C@@]2(CCS(=O)(=O)c3ccccc3)N=C(c3ccc(OCCCO)cc3)O[C@H]2c2cccc(OC)c2)cc1. The van der Waals surface area contributed by atoms with E-state index in [-0.39, 0.29) is 36.1 Å². The van der Waals surface area contributed by atoms with Gasteiger partial charge in [0.15, 0.2) is 21.5 Å². The molecule has 0 bridgehead atoms. The van der Waals surface area contributed by atoms with Gasteiger partial charge in [0.2, 0.25) is 5.90 Å². The minimum absolute atomic E-state index is 0.0213. The van der Waals surface area contributed by atoms with Crippen molar-refractivity contribution in [1.29, 1.82) is 0 Å². The predicted octanol–water partition coefficient (Wildman–Crippen LogP) is 4.41. The number of sulfone groups is 1. The summed E-state index contributed by atoms with van der Waals surface area (Å²) >= 11 is 0. The Hall–Kier alpha value is -4.91. The number of nitrogens with zero attached hydrogens (tertiary/aromatic N) is 1. The van der Waals surface area contributed by atoms with Gasteiger partial charge >= 0.3 is 0 Å². The molecule has 5 rings (SSSR count). The highest BCUT2D eigenvalue weighted by molar-refractivity contribution is 7.91. The number of amides is 1. The summed E-state index contributed by atoms with van der Waals surface area (Å²) in [6.07, 6.45) is -0.694. The molecule has 11 nitrogen and oxygen atoms in total. The highest BCUT2D eigenvalue weighted by Gasteiger charge is 2.53. The van der Waals surface area contributed by atoms with Crippen molar-refractivity contribution in [3.8, 4) is 17.2 Å². The lowest BCUT2D eigenvalue weighted by Crippen LogP contribution is -2.53. The van der Waals surface area contributed by atoms with Crippen LogP contribution in [0, 0.1) is 0 Å². The van der Waals surface area contributed by atoms with Crippen molar-refractivity contribution in [3.63, 3.8) is 0 Å². The fraction of sp³-hybridized carbons (Fsp3) is 0.278. The van der Waals surface area contributed by atoms with Gasteiger partial charge in [-0.3, -0.25) is 10.2 Å². The summed E-state index contributed by atoms with van der Waals surface area (Å²) < 4.78 is 50.0. The summed E-state index contributed by atoms with van der Waals surface area (Å²) in [6, 6.07) is 29.6. The van der Waals surface area contributed by atoms with Crippen molar-refractivity contribution >= 4 is 21.6 Å². The maximum Gasteiger partial charge on any atom is 0.266 e. The van der Waals surface area contributed by atoms with Crippen molar-refractivity contribution in [2.45, 2.75) is 35.9 Å². The Balaban J connectivity index is 1.51. The molecular formula is C36H39N3O8S. The number of aliphatic hydroxyl groups is 1. The molecule has 0 fully saturated rings. The second kappa shape index (κ2) is 15.8.